The molecule has 4 rings (SSSR count). The van der Waals surface area contributed by atoms with Gasteiger partial charge in [-0.3, -0.25) is 4.90 Å². The molecule has 0 amide bonds. The van der Waals surface area contributed by atoms with Gasteiger partial charge >= 0.3 is 5.63 Å². The third kappa shape index (κ3) is 2.67. The van der Waals surface area contributed by atoms with E-state index in [-0.39, 0.29) is 11.7 Å². The van der Waals surface area contributed by atoms with Crippen molar-refractivity contribution in [2.45, 2.75) is 38.8 Å². The molecular formula is C20H21NO3. The second-order valence-electron chi connectivity index (χ2n) is 6.67. The average molecular weight is 323 g/mol. The molecule has 0 N–H and O–H groups in total. The SMILES string of the molecule is CC(c1ccco1)N(C)Cc1cc(=O)oc2cc3c(cc12)CCC3. The molecule has 3 aromatic rings. The van der Waals surface area contributed by atoms with Crippen LogP contribution in [-0.4, -0.2) is 11.9 Å². The first kappa shape index (κ1) is 15.2. The van der Waals surface area contributed by atoms with E-state index in [1.807, 2.05) is 19.2 Å². The Morgan fingerprint density at radius 3 is 2.75 bits per heavy atom. The lowest BCUT2D eigenvalue weighted by atomic mass is 10.0. The lowest BCUT2D eigenvalue weighted by Crippen LogP contribution is -2.22. The van der Waals surface area contributed by atoms with Crippen molar-refractivity contribution in [3.05, 3.63) is 69.5 Å². The lowest BCUT2D eigenvalue weighted by Gasteiger charge is -2.23. The maximum absolute atomic E-state index is 12.0. The Labute approximate surface area is 140 Å². The van der Waals surface area contributed by atoms with Crippen molar-refractivity contribution in [3.63, 3.8) is 0 Å². The Bertz CT molecular complexity index is 924. The standard InChI is InChI=1S/C20H21NO3/c1-13(18-7-4-8-23-18)21(2)12-16-11-20(22)24-19-10-15-6-3-5-14(15)9-17(16)19/h4,7-11,13H,3,5-6,12H2,1-2H3. The Balaban J connectivity index is 1.72. The first-order valence-corrected chi connectivity index (χ1v) is 8.44. The molecule has 124 valence electrons. The Morgan fingerprint density at radius 1 is 1.21 bits per heavy atom. The summed E-state index contributed by atoms with van der Waals surface area (Å²) in [4.78, 5) is 14.2. The predicted octanol–water partition coefficient (Wildman–Crippen LogP) is 4.07. The van der Waals surface area contributed by atoms with Crippen LogP contribution in [0.3, 0.4) is 0 Å². The summed E-state index contributed by atoms with van der Waals surface area (Å²) < 4.78 is 11.0. The minimum absolute atomic E-state index is 0.136. The number of furan rings is 1. The van der Waals surface area contributed by atoms with Gasteiger partial charge in [0.1, 0.15) is 11.3 Å². The van der Waals surface area contributed by atoms with Crippen molar-refractivity contribution in [2.75, 3.05) is 7.05 Å². The van der Waals surface area contributed by atoms with E-state index in [0.717, 1.165) is 29.6 Å². The maximum atomic E-state index is 12.0. The minimum atomic E-state index is -0.283. The zero-order valence-corrected chi connectivity index (χ0v) is 14.0. The highest BCUT2D eigenvalue weighted by atomic mass is 16.4. The summed E-state index contributed by atoms with van der Waals surface area (Å²) >= 11 is 0. The van der Waals surface area contributed by atoms with Gasteiger partial charge < -0.3 is 8.83 Å². The molecule has 1 aliphatic rings. The summed E-state index contributed by atoms with van der Waals surface area (Å²) in [6.45, 7) is 2.77. The van der Waals surface area contributed by atoms with E-state index in [0.29, 0.717) is 12.1 Å². The van der Waals surface area contributed by atoms with E-state index < -0.39 is 0 Å². The van der Waals surface area contributed by atoms with Crippen molar-refractivity contribution < 1.29 is 8.83 Å². The van der Waals surface area contributed by atoms with Crippen molar-refractivity contribution in [1.82, 2.24) is 4.90 Å². The zero-order chi connectivity index (χ0) is 16.7. The highest BCUT2D eigenvalue weighted by molar-refractivity contribution is 5.82. The van der Waals surface area contributed by atoms with Gasteiger partial charge in [0.25, 0.3) is 0 Å². The number of hydrogen-bond acceptors (Lipinski definition) is 4. The molecule has 0 saturated heterocycles. The third-order valence-corrected chi connectivity index (χ3v) is 5.08. The van der Waals surface area contributed by atoms with Gasteiger partial charge in [-0.15, -0.1) is 0 Å². The van der Waals surface area contributed by atoms with Crippen molar-refractivity contribution in [2.24, 2.45) is 0 Å². The highest BCUT2D eigenvalue weighted by Gasteiger charge is 2.18. The normalized spacial score (nSPS) is 15.1. The molecule has 1 unspecified atom stereocenters. The highest BCUT2D eigenvalue weighted by Crippen LogP contribution is 2.30. The van der Waals surface area contributed by atoms with Crippen LogP contribution in [0.2, 0.25) is 0 Å². The smallest absolute Gasteiger partial charge is 0.336 e. The van der Waals surface area contributed by atoms with Crippen LogP contribution in [0.25, 0.3) is 11.0 Å². The van der Waals surface area contributed by atoms with Gasteiger partial charge in [0.2, 0.25) is 0 Å². The van der Waals surface area contributed by atoms with Crippen LogP contribution in [-0.2, 0) is 19.4 Å². The molecule has 2 aromatic heterocycles. The quantitative estimate of drug-likeness (QED) is 0.679. The number of fused-ring (bicyclic) bond motifs is 2. The molecule has 0 aliphatic heterocycles. The van der Waals surface area contributed by atoms with Gasteiger partial charge in [-0.05, 0) is 74.2 Å². The third-order valence-electron chi connectivity index (χ3n) is 5.08. The van der Waals surface area contributed by atoms with Crippen molar-refractivity contribution in [3.8, 4) is 0 Å². The van der Waals surface area contributed by atoms with Crippen LogP contribution in [0, 0.1) is 0 Å². The molecule has 24 heavy (non-hydrogen) atoms. The fourth-order valence-electron chi connectivity index (χ4n) is 3.58. The summed E-state index contributed by atoms with van der Waals surface area (Å²) in [5, 5.41) is 1.05. The van der Waals surface area contributed by atoms with Gasteiger partial charge in [0.05, 0.1) is 12.3 Å². The van der Waals surface area contributed by atoms with Gasteiger partial charge in [-0.25, -0.2) is 4.79 Å². The number of aryl methyl sites for hydroxylation is 2. The summed E-state index contributed by atoms with van der Waals surface area (Å²) in [6.07, 6.45) is 5.06. The van der Waals surface area contributed by atoms with Gasteiger partial charge in [-0.1, -0.05) is 0 Å². The molecule has 0 saturated carbocycles. The molecule has 4 heteroatoms. The summed E-state index contributed by atoms with van der Waals surface area (Å²) in [5.74, 6) is 0.922. The van der Waals surface area contributed by atoms with E-state index in [4.69, 9.17) is 8.83 Å². The minimum Gasteiger partial charge on any atom is -0.468 e. The average Bonchev–Trinajstić information content (AvgIpc) is 3.23. The zero-order valence-electron chi connectivity index (χ0n) is 14.0. The summed E-state index contributed by atoms with van der Waals surface area (Å²) in [7, 11) is 2.04. The summed E-state index contributed by atoms with van der Waals surface area (Å²) in [5.41, 5.74) is 4.14. The molecule has 0 radical (unpaired) electrons. The second-order valence-corrected chi connectivity index (χ2v) is 6.67. The fraction of sp³-hybridized carbons (Fsp3) is 0.350. The van der Waals surface area contributed by atoms with E-state index in [1.54, 1.807) is 12.3 Å². The Kier molecular flexibility index (Phi) is 3.77. The van der Waals surface area contributed by atoms with Crippen molar-refractivity contribution in [1.29, 1.82) is 0 Å². The van der Waals surface area contributed by atoms with Crippen LogP contribution in [0.5, 0.6) is 0 Å². The Morgan fingerprint density at radius 2 is 2.00 bits per heavy atom. The van der Waals surface area contributed by atoms with E-state index in [1.165, 1.54) is 17.5 Å². The number of benzene rings is 1. The van der Waals surface area contributed by atoms with E-state index in [9.17, 15) is 4.79 Å². The summed E-state index contributed by atoms with van der Waals surface area (Å²) in [6, 6.07) is 9.90. The molecule has 1 aromatic carbocycles. The second kappa shape index (κ2) is 5.95. The largest absolute Gasteiger partial charge is 0.468 e. The number of rotatable bonds is 4. The predicted molar refractivity (Wildman–Crippen MR) is 93.1 cm³/mol. The number of nitrogens with zero attached hydrogens (tertiary/aromatic N) is 1. The van der Waals surface area contributed by atoms with E-state index >= 15 is 0 Å². The lowest BCUT2D eigenvalue weighted by molar-refractivity contribution is 0.223. The first-order chi connectivity index (χ1) is 11.6. The Hall–Kier alpha value is -2.33. The molecule has 0 bridgehead atoms. The fourth-order valence-corrected chi connectivity index (χ4v) is 3.58. The number of hydrogen-bond donors (Lipinski definition) is 0. The van der Waals surface area contributed by atoms with Gasteiger partial charge in [-0.2, -0.15) is 0 Å². The molecule has 0 spiro atoms. The molecular weight excluding hydrogens is 302 g/mol. The molecule has 0 fully saturated rings. The van der Waals surface area contributed by atoms with Gasteiger partial charge in [0, 0.05) is 18.0 Å². The first-order valence-electron chi connectivity index (χ1n) is 8.44. The van der Waals surface area contributed by atoms with Crippen LogP contribution < -0.4 is 5.63 Å². The monoisotopic (exact) mass is 323 g/mol. The van der Waals surface area contributed by atoms with Crippen LogP contribution in [0.1, 0.15) is 41.8 Å². The van der Waals surface area contributed by atoms with Crippen LogP contribution in [0.4, 0.5) is 0 Å². The molecule has 1 aliphatic carbocycles. The van der Waals surface area contributed by atoms with Crippen LogP contribution in [0.15, 0.2) is 50.2 Å². The van der Waals surface area contributed by atoms with Gasteiger partial charge in [0.15, 0.2) is 0 Å². The maximum Gasteiger partial charge on any atom is 0.336 e. The topological polar surface area (TPSA) is 46.6 Å². The molecule has 1 atom stereocenters. The van der Waals surface area contributed by atoms with Crippen molar-refractivity contribution >= 4 is 11.0 Å². The molecule has 2 heterocycles. The molecule has 4 nitrogen and oxygen atoms in total. The van der Waals surface area contributed by atoms with Crippen LogP contribution >= 0.6 is 0 Å². The van der Waals surface area contributed by atoms with E-state index in [2.05, 4.69) is 24.0 Å².